The second kappa shape index (κ2) is 5.85. The fourth-order valence-corrected chi connectivity index (χ4v) is 1.39. The molecule has 86 valence electrons. The Morgan fingerprint density at radius 1 is 1.50 bits per heavy atom. The summed E-state index contributed by atoms with van der Waals surface area (Å²) in [5.74, 6) is -0.400. The second-order valence-corrected chi connectivity index (χ2v) is 3.32. The van der Waals surface area contributed by atoms with Crippen molar-refractivity contribution >= 4 is 18.5 Å². The van der Waals surface area contributed by atoms with Crippen LogP contribution in [0.25, 0.3) is 0 Å². The van der Waals surface area contributed by atoms with Crippen LogP contribution in [0.5, 0.6) is 0 Å². The molecular weight excluding hydrogens is 210 g/mol. The minimum absolute atomic E-state index is 0.124. The van der Waals surface area contributed by atoms with Crippen molar-refractivity contribution in [3.8, 4) is 0 Å². The van der Waals surface area contributed by atoms with Gasteiger partial charge in [0.15, 0.2) is 6.29 Å². The van der Waals surface area contributed by atoms with Gasteiger partial charge in [-0.25, -0.2) is 4.79 Å². The third kappa shape index (κ3) is 2.79. The summed E-state index contributed by atoms with van der Waals surface area (Å²) < 4.78 is 4.74. The first-order chi connectivity index (χ1) is 7.72. The molecule has 0 amide bonds. The van der Waals surface area contributed by atoms with Crippen LogP contribution in [-0.4, -0.2) is 31.2 Å². The normalized spacial score (nSPS) is 20.8. The van der Waals surface area contributed by atoms with Crippen molar-refractivity contribution in [1.29, 1.82) is 0 Å². The van der Waals surface area contributed by atoms with Crippen LogP contribution in [0.2, 0.25) is 0 Å². The number of ether oxygens (including phenoxy) is 1. The average molecular weight is 223 g/mol. The maximum atomic E-state index is 11.2. The number of aldehydes is 2. The van der Waals surface area contributed by atoms with Crippen LogP contribution in [0.1, 0.15) is 12.8 Å². The van der Waals surface area contributed by atoms with Gasteiger partial charge in [0.25, 0.3) is 0 Å². The van der Waals surface area contributed by atoms with Gasteiger partial charge >= 0.3 is 5.97 Å². The van der Waals surface area contributed by atoms with Crippen molar-refractivity contribution in [2.45, 2.75) is 18.9 Å². The Morgan fingerprint density at radius 2 is 2.25 bits per heavy atom. The Bertz CT molecular complexity index is 346. The number of cyclic esters (lactones) is 1. The quantitative estimate of drug-likeness (QED) is 0.300. The van der Waals surface area contributed by atoms with Crippen LogP contribution >= 0.6 is 0 Å². The summed E-state index contributed by atoms with van der Waals surface area (Å²) in [5.41, 5.74) is 0.406. The molecule has 0 radical (unpaired) electrons. The largest absolute Gasteiger partial charge is 0.464 e. The molecule has 1 unspecified atom stereocenters. The van der Waals surface area contributed by atoms with E-state index >= 15 is 0 Å². The van der Waals surface area contributed by atoms with Gasteiger partial charge in [0.05, 0.1) is 12.3 Å². The highest BCUT2D eigenvalue weighted by molar-refractivity contribution is 5.88. The monoisotopic (exact) mass is 223 g/mol. The van der Waals surface area contributed by atoms with Crippen LogP contribution in [0, 0.1) is 0 Å². The molecule has 1 rings (SSSR count). The van der Waals surface area contributed by atoms with Crippen LogP contribution in [-0.2, 0) is 19.1 Å². The Morgan fingerprint density at radius 3 is 2.69 bits per heavy atom. The van der Waals surface area contributed by atoms with E-state index in [4.69, 9.17) is 4.74 Å². The molecule has 1 aliphatic rings. The standard InChI is InChI=1S/C11H13NO4/c1-2-3-8(6-13)10(7-14)12-9-4-5-16-11(9)15/h2,6-7,9,12H,1,3-5H2/b10-8+. The van der Waals surface area contributed by atoms with Crippen molar-refractivity contribution in [2.24, 2.45) is 0 Å². The van der Waals surface area contributed by atoms with E-state index in [9.17, 15) is 14.4 Å². The molecule has 0 aromatic rings. The van der Waals surface area contributed by atoms with Crippen molar-refractivity contribution in [2.75, 3.05) is 6.61 Å². The van der Waals surface area contributed by atoms with Crippen LogP contribution < -0.4 is 5.32 Å². The fraction of sp³-hybridized carbons (Fsp3) is 0.364. The predicted octanol–water partition coefficient (Wildman–Crippen LogP) is 0.119. The molecule has 0 spiro atoms. The van der Waals surface area contributed by atoms with Crippen molar-refractivity contribution in [3.05, 3.63) is 23.9 Å². The van der Waals surface area contributed by atoms with Gasteiger partial charge in [-0.1, -0.05) is 6.08 Å². The molecule has 0 bridgehead atoms. The van der Waals surface area contributed by atoms with E-state index in [0.717, 1.165) is 0 Å². The summed E-state index contributed by atoms with van der Waals surface area (Å²) in [6.45, 7) is 3.82. The molecule has 0 aliphatic carbocycles. The summed E-state index contributed by atoms with van der Waals surface area (Å²) >= 11 is 0. The van der Waals surface area contributed by atoms with Crippen LogP contribution in [0.3, 0.4) is 0 Å². The topological polar surface area (TPSA) is 72.5 Å². The van der Waals surface area contributed by atoms with E-state index in [1.807, 2.05) is 0 Å². The lowest BCUT2D eigenvalue weighted by molar-refractivity contribution is -0.139. The second-order valence-electron chi connectivity index (χ2n) is 3.32. The molecule has 0 saturated carbocycles. The first-order valence-corrected chi connectivity index (χ1v) is 4.90. The van der Waals surface area contributed by atoms with Gasteiger partial charge in [0, 0.05) is 12.0 Å². The molecule has 0 aromatic carbocycles. The molecule has 5 heteroatoms. The molecular formula is C11H13NO4. The van der Waals surface area contributed by atoms with Gasteiger partial charge in [-0.3, -0.25) is 9.59 Å². The lowest BCUT2D eigenvalue weighted by atomic mass is 10.1. The summed E-state index contributed by atoms with van der Waals surface area (Å²) in [6, 6.07) is -0.542. The highest BCUT2D eigenvalue weighted by Gasteiger charge is 2.27. The fourth-order valence-electron chi connectivity index (χ4n) is 1.39. The highest BCUT2D eigenvalue weighted by atomic mass is 16.5. The van der Waals surface area contributed by atoms with Gasteiger partial charge in [-0.05, 0) is 6.42 Å². The van der Waals surface area contributed by atoms with E-state index in [0.29, 0.717) is 25.6 Å². The van der Waals surface area contributed by atoms with Gasteiger partial charge < -0.3 is 10.1 Å². The zero-order valence-electron chi connectivity index (χ0n) is 8.77. The zero-order valence-corrected chi connectivity index (χ0v) is 8.77. The number of carbonyl (C=O) groups excluding carboxylic acids is 3. The minimum atomic E-state index is -0.542. The van der Waals surface area contributed by atoms with Crippen molar-refractivity contribution in [1.82, 2.24) is 5.32 Å². The maximum absolute atomic E-state index is 11.2. The minimum Gasteiger partial charge on any atom is -0.464 e. The summed E-state index contributed by atoms with van der Waals surface area (Å²) in [4.78, 5) is 32.7. The molecule has 1 N–H and O–H groups in total. The number of hydrogen-bond donors (Lipinski definition) is 1. The summed E-state index contributed by atoms with van der Waals surface area (Å²) in [6.07, 6.45) is 3.40. The van der Waals surface area contributed by atoms with E-state index in [2.05, 4.69) is 11.9 Å². The first kappa shape index (κ1) is 12.2. The molecule has 1 heterocycles. The number of allylic oxidation sites excluding steroid dienone is 3. The molecule has 1 atom stereocenters. The highest BCUT2D eigenvalue weighted by Crippen LogP contribution is 2.10. The lowest BCUT2D eigenvalue weighted by Gasteiger charge is -2.11. The Kier molecular flexibility index (Phi) is 4.44. The van der Waals surface area contributed by atoms with E-state index in [1.54, 1.807) is 0 Å². The molecule has 16 heavy (non-hydrogen) atoms. The Hall–Kier alpha value is -1.91. The number of nitrogens with one attached hydrogen (secondary N) is 1. The Labute approximate surface area is 93.2 Å². The van der Waals surface area contributed by atoms with Crippen molar-refractivity contribution in [3.63, 3.8) is 0 Å². The zero-order chi connectivity index (χ0) is 12.0. The smallest absolute Gasteiger partial charge is 0.328 e. The summed E-state index contributed by atoms with van der Waals surface area (Å²) in [7, 11) is 0. The molecule has 1 fully saturated rings. The van der Waals surface area contributed by atoms with E-state index in [1.165, 1.54) is 6.08 Å². The van der Waals surface area contributed by atoms with E-state index < -0.39 is 12.0 Å². The summed E-state index contributed by atoms with van der Waals surface area (Å²) in [5, 5.41) is 2.71. The number of hydrogen-bond acceptors (Lipinski definition) is 5. The third-order valence-corrected chi connectivity index (χ3v) is 2.24. The van der Waals surface area contributed by atoms with Gasteiger partial charge in [-0.15, -0.1) is 6.58 Å². The van der Waals surface area contributed by atoms with Crippen LogP contribution in [0.15, 0.2) is 23.9 Å². The molecule has 5 nitrogen and oxygen atoms in total. The lowest BCUT2D eigenvalue weighted by Crippen LogP contribution is -2.33. The third-order valence-electron chi connectivity index (χ3n) is 2.24. The average Bonchev–Trinajstić information content (AvgIpc) is 2.69. The van der Waals surface area contributed by atoms with Crippen LogP contribution in [0.4, 0.5) is 0 Å². The number of carbonyl (C=O) groups is 3. The molecule has 1 saturated heterocycles. The van der Waals surface area contributed by atoms with Crippen molar-refractivity contribution < 1.29 is 19.1 Å². The Balaban J connectivity index is 2.80. The van der Waals surface area contributed by atoms with Gasteiger partial charge in [0.1, 0.15) is 12.3 Å². The predicted molar refractivity (Wildman–Crippen MR) is 56.5 cm³/mol. The van der Waals surface area contributed by atoms with Gasteiger partial charge in [0.2, 0.25) is 0 Å². The number of esters is 1. The first-order valence-electron chi connectivity index (χ1n) is 4.90. The maximum Gasteiger partial charge on any atom is 0.328 e. The number of rotatable bonds is 6. The van der Waals surface area contributed by atoms with E-state index in [-0.39, 0.29) is 17.7 Å². The molecule has 1 aliphatic heterocycles. The molecule has 0 aromatic heterocycles. The SMILES string of the molecule is C=CC/C(C=O)=C(/C=O)NC1CCOC1=O. The van der Waals surface area contributed by atoms with Gasteiger partial charge in [-0.2, -0.15) is 0 Å².